The molecule has 2 aliphatic rings. The minimum atomic E-state index is 0.103. The van der Waals surface area contributed by atoms with Crippen molar-refractivity contribution in [2.45, 2.75) is 38.6 Å². The van der Waals surface area contributed by atoms with Crippen LogP contribution in [0.1, 0.15) is 43.0 Å². The molecule has 106 valence electrons. The molecule has 4 heteroatoms. The zero-order valence-electron chi connectivity index (χ0n) is 11.8. The zero-order valence-corrected chi connectivity index (χ0v) is 12.6. The molecule has 1 fully saturated rings. The number of carbonyl (C=O) groups is 1. The number of carbonyl (C=O) groups excluding carboxylic acids is 1. The Labute approximate surface area is 124 Å². The maximum Gasteiger partial charge on any atom is 0.161 e. The molecule has 1 aliphatic heterocycles. The number of fused-ring (bicyclic) bond motifs is 1. The molecule has 0 radical (unpaired) electrons. The first kappa shape index (κ1) is 13.7. The number of aliphatic imine (C=N–C) groups is 1. The number of nitrogens with one attached hydrogen (secondary N) is 1. The quantitative estimate of drug-likeness (QED) is 0.837. The number of Topliss-reactive ketones (excluding diaryl/α,β-unsaturated/α-hetero) is 1. The predicted octanol–water partition coefficient (Wildman–Crippen LogP) is 3.96. The second-order valence-electron chi connectivity index (χ2n) is 5.62. The molecule has 1 aliphatic carbocycles. The van der Waals surface area contributed by atoms with Crippen LogP contribution in [-0.2, 0) is 0 Å². The summed E-state index contributed by atoms with van der Waals surface area (Å²) in [5, 5.41) is 4.41. The fourth-order valence-electron chi connectivity index (χ4n) is 2.91. The van der Waals surface area contributed by atoms with E-state index in [1.54, 1.807) is 6.92 Å². The van der Waals surface area contributed by atoms with E-state index in [-0.39, 0.29) is 5.78 Å². The first-order chi connectivity index (χ1) is 9.72. The number of anilines is 1. The predicted molar refractivity (Wildman–Crippen MR) is 85.7 cm³/mol. The van der Waals surface area contributed by atoms with Gasteiger partial charge in [-0.2, -0.15) is 0 Å². The van der Waals surface area contributed by atoms with Gasteiger partial charge in [0.1, 0.15) is 0 Å². The summed E-state index contributed by atoms with van der Waals surface area (Å²) in [5.41, 5.74) is 1.76. The van der Waals surface area contributed by atoms with E-state index >= 15 is 0 Å². The Kier molecular flexibility index (Phi) is 4.10. The molecule has 2 unspecified atom stereocenters. The Morgan fingerprint density at radius 3 is 2.75 bits per heavy atom. The molecule has 0 saturated heterocycles. The molecular weight excluding hydrogens is 268 g/mol. The fraction of sp³-hybridized carbons (Fsp3) is 0.500. The van der Waals surface area contributed by atoms with Gasteiger partial charge < -0.3 is 5.32 Å². The van der Waals surface area contributed by atoms with Crippen molar-refractivity contribution >= 4 is 28.4 Å². The van der Waals surface area contributed by atoms with Gasteiger partial charge in [0, 0.05) is 17.0 Å². The number of thioether (sulfide) groups is 1. The van der Waals surface area contributed by atoms with Crippen molar-refractivity contribution < 1.29 is 4.79 Å². The number of hydrogen-bond donors (Lipinski definition) is 1. The molecule has 0 bridgehead atoms. The number of amidine groups is 1. The van der Waals surface area contributed by atoms with Crippen LogP contribution in [0.25, 0.3) is 0 Å². The van der Waals surface area contributed by atoms with Crippen molar-refractivity contribution in [3.05, 3.63) is 29.8 Å². The molecule has 3 rings (SSSR count). The fourth-order valence-corrected chi connectivity index (χ4v) is 4.07. The Bertz CT molecular complexity index is 524. The van der Waals surface area contributed by atoms with Crippen molar-refractivity contribution in [1.82, 2.24) is 0 Å². The second-order valence-corrected chi connectivity index (χ2v) is 6.62. The van der Waals surface area contributed by atoms with Gasteiger partial charge in [0.2, 0.25) is 0 Å². The van der Waals surface area contributed by atoms with Crippen molar-refractivity contribution in [3.8, 4) is 0 Å². The monoisotopic (exact) mass is 288 g/mol. The third kappa shape index (κ3) is 3.06. The van der Waals surface area contributed by atoms with Crippen LogP contribution >= 0.6 is 11.8 Å². The van der Waals surface area contributed by atoms with Gasteiger partial charge in [0.05, 0.1) is 6.04 Å². The van der Waals surface area contributed by atoms with Gasteiger partial charge in [-0.15, -0.1) is 0 Å². The standard InChI is InChI=1S/C16H20N2OS/c1-11(19)12-6-8-14(9-7-12)17-16-18-15-5-3-2-4-13(15)10-20-16/h6-9,13,15H,2-5,10H2,1H3,(H,17,18). The summed E-state index contributed by atoms with van der Waals surface area (Å²) in [7, 11) is 0. The number of nitrogens with zero attached hydrogens (tertiary/aromatic N) is 1. The minimum absolute atomic E-state index is 0.103. The maximum absolute atomic E-state index is 11.3. The smallest absolute Gasteiger partial charge is 0.161 e. The third-order valence-corrected chi connectivity index (χ3v) is 5.20. The highest BCUT2D eigenvalue weighted by Gasteiger charge is 2.29. The van der Waals surface area contributed by atoms with Crippen LogP contribution in [0.15, 0.2) is 29.3 Å². The van der Waals surface area contributed by atoms with Crippen LogP contribution < -0.4 is 5.32 Å². The molecule has 20 heavy (non-hydrogen) atoms. The Morgan fingerprint density at radius 2 is 2.00 bits per heavy atom. The normalized spacial score (nSPS) is 25.6. The second kappa shape index (κ2) is 6.00. The molecule has 1 N–H and O–H groups in total. The summed E-state index contributed by atoms with van der Waals surface area (Å²) in [5.74, 6) is 2.06. The maximum atomic E-state index is 11.3. The van der Waals surface area contributed by atoms with Crippen molar-refractivity contribution in [2.24, 2.45) is 10.9 Å². The molecule has 2 atom stereocenters. The Morgan fingerprint density at radius 1 is 1.25 bits per heavy atom. The highest BCUT2D eigenvalue weighted by molar-refractivity contribution is 8.14. The molecule has 1 aromatic carbocycles. The Balaban J connectivity index is 1.68. The topological polar surface area (TPSA) is 41.5 Å². The average Bonchev–Trinajstić information content (AvgIpc) is 2.48. The van der Waals surface area contributed by atoms with Crippen LogP contribution in [0.4, 0.5) is 5.69 Å². The van der Waals surface area contributed by atoms with E-state index in [0.29, 0.717) is 6.04 Å². The summed E-state index contributed by atoms with van der Waals surface area (Å²) in [6.45, 7) is 1.59. The third-order valence-electron chi connectivity index (χ3n) is 4.13. The van der Waals surface area contributed by atoms with Gasteiger partial charge >= 0.3 is 0 Å². The van der Waals surface area contributed by atoms with Crippen LogP contribution in [0.2, 0.25) is 0 Å². The van der Waals surface area contributed by atoms with Crippen molar-refractivity contribution in [1.29, 1.82) is 0 Å². The number of benzene rings is 1. The molecule has 1 heterocycles. The number of ketones is 1. The lowest BCUT2D eigenvalue weighted by molar-refractivity contribution is 0.101. The van der Waals surface area contributed by atoms with Gasteiger partial charge in [0.15, 0.2) is 11.0 Å². The van der Waals surface area contributed by atoms with Gasteiger partial charge in [-0.05, 0) is 49.9 Å². The summed E-state index contributed by atoms with van der Waals surface area (Å²) < 4.78 is 0. The van der Waals surface area contributed by atoms with E-state index in [2.05, 4.69) is 5.32 Å². The first-order valence-electron chi connectivity index (χ1n) is 7.31. The molecule has 0 spiro atoms. The lowest BCUT2D eigenvalue weighted by Gasteiger charge is -2.32. The first-order valence-corrected chi connectivity index (χ1v) is 8.29. The number of hydrogen-bond acceptors (Lipinski definition) is 4. The van der Waals surface area contributed by atoms with Crippen molar-refractivity contribution in [2.75, 3.05) is 11.1 Å². The highest BCUT2D eigenvalue weighted by atomic mass is 32.2. The van der Waals surface area contributed by atoms with Crippen LogP contribution in [0.5, 0.6) is 0 Å². The molecular formula is C16H20N2OS. The minimum Gasteiger partial charge on any atom is -0.335 e. The van der Waals surface area contributed by atoms with Gasteiger partial charge in [0.25, 0.3) is 0 Å². The summed E-state index contributed by atoms with van der Waals surface area (Å²) >= 11 is 1.83. The summed E-state index contributed by atoms with van der Waals surface area (Å²) in [6, 6.07) is 8.15. The van der Waals surface area contributed by atoms with E-state index < -0.39 is 0 Å². The van der Waals surface area contributed by atoms with Crippen molar-refractivity contribution in [3.63, 3.8) is 0 Å². The average molecular weight is 288 g/mol. The van der Waals surface area contributed by atoms with E-state index in [9.17, 15) is 4.79 Å². The van der Waals surface area contributed by atoms with Gasteiger partial charge in [-0.25, -0.2) is 0 Å². The van der Waals surface area contributed by atoms with Gasteiger partial charge in [-0.3, -0.25) is 9.79 Å². The molecule has 0 aromatic heterocycles. The lowest BCUT2D eigenvalue weighted by Crippen LogP contribution is -2.31. The van der Waals surface area contributed by atoms with Gasteiger partial charge in [-0.1, -0.05) is 24.6 Å². The van der Waals surface area contributed by atoms with Crippen LogP contribution in [0.3, 0.4) is 0 Å². The molecule has 1 aromatic rings. The zero-order chi connectivity index (χ0) is 13.9. The Hall–Kier alpha value is -1.29. The van der Waals surface area contributed by atoms with Crippen LogP contribution in [0, 0.1) is 5.92 Å². The molecule has 0 amide bonds. The SMILES string of the molecule is CC(=O)c1ccc(NC2=NC3CCCCC3CS2)cc1. The number of rotatable bonds is 2. The molecule has 3 nitrogen and oxygen atoms in total. The highest BCUT2D eigenvalue weighted by Crippen LogP contribution is 2.34. The summed E-state index contributed by atoms with van der Waals surface area (Å²) in [4.78, 5) is 16.1. The van der Waals surface area contributed by atoms with E-state index in [4.69, 9.17) is 4.99 Å². The molecule has 1 saturated carbocycles. The lowest BCUT2D eigenvalue weighted by atomic mass is 9.86. The summed E-state index contributed by atoms with van der Waals surface area (Å²) in [6.07, 6.45) is 5.25. The van der Waals surface area contributed by atoms with E-state index in [0.717, 1.165) is 22.3 Å². The van der Waals surface area contributed by atoms with E-state index in [1.807, 2.05) is 36.0 Å². The largest absolute Gasteiger partial charge is 0.335 e. The van der Waals surface area contributed by atoms with Crippen LogP contribution in [-0.4, -0.2) is 22.7 Å². The van der Waals surface area contributed by atoms with E-state index in [1.165, 1.54) is 31.4 Å².